The molecule has 37 heavy (non-hydrogen) atoms. The second-order valence-corrected chi connectivity index (χ2v) is 11.2. The van der Waals surface area contributed by atoms with E-state index in [1.54, 1.807) is 18.2 Å². The summed E-state index contributed by atoms with van der Waals surface area (Å²) in [5.41, 5.74) is -1.57. The molecule has 192 valence electrons. The lowest BCUT2D eigenvalue weighted by Crippen LogP contribution is -2.34. The first-order valence-corrected chi connectivity index (χ1v) is 12.8. The third kappa shape index (κ3) is 3.73. The summed E-state index contributed by atoms with van der Waals surface area (Å²) in [5.74, 6) is -5.52. The molecule has 0 aliphatic heterocycles. The molecule has 0 unspecified atom stereocenters. The van der Waals surface area contributed by atoms with Crippen molar-refractivity contribution in [2.24, 2.45) is 7.05 Å². The summed E-state index contributed by atoms with van der Waals surface area (Å²) in [5, 5.41) is 10.3. The van der Waals surface area contributed by atoms with E-state index in [2.05, 4.69) is 21.0 Å². The molecule has 0 amide bonds. The van der Waals surface area contributed by atoms with Crippen LogP contribution in [0, 0.1) is 11.3 Å². The standard InChI is InChI=1S/C24H18F5N5O2S/c1-3-37(35,36)20-15-5-4-14(22(12-30)6-7-22)8-13(15)10-32-19(20)21-33-16-9-18(23(25,26)24(27,28)29)31-11-17(16)34(21)2/h4-5,8-11H,3,6-7H2,1-2H3. The van der Waals surface area contributed by atoms with Gasteiger partial charge in [-0.3, -0.25) is 9.97 Å². The molecule has 0 bridgehead atoms. The van der Waals surface area contributed by atoms with E-state index in [0.717, 1.165) is 11.8 Å². The average Bonchev–Trinajstić information content (AvgIpc) is 3.59. The molecule has 7 nitrogen and oxygen atoms in total. The zero-order chi connectivity index (χ0) is 27.0. The maximum absolute atomic E-state index is 13.9. The highest BCUT2D eigenvalue weighted by molar-refractivity contribution is 7.91. The van der Waals surface area contributed by atoms with Crippen LogP contribution in [0.4, 0.5) is 22.0 Å². The summed E-state index contributed by atoms with van der Waals surface area (Å²) in [6.45, 7) is 1.45. The van der Waals surface area contributed by atoms with Gasteiger partial charge in [0.15, 0.2) is 15.7 Å². The predicted molar refractivity (Wildman–Crippen MR) is 123 cm³/mol. The van der Waals surface area contributed by atoms with Crippen molar-refractivity contribution in [3.05, 3.63) is 47.9 Å². The molecule has 3 heterocycles. The van der Waals surface area contributed by atoms with Crippen LogP contribution >= 0.6 is 0 Å². The lowest BCUT2D eigenvalue weighted by molar-refractivity contribution is -0.290. The summed E-state index contributed by atoms with van der Waals surface area (Å²) in [6, 6.07) is 7.84. The van der Waals surface area contributed by atoms with Crippen molar-refractivity contribution >= 4 is 31.6 Å². The van der Waals surface area contributed by atoms with Crippen molar-refractivity contribution < 1.29 is 30.4 Å². The highest BCUT2D eigenvalue weighted by Crippen LogP contribution is 2.48. The zero-order valence-corrected chi connectivity index (χ0v) is 20.3. The molecular formula is C24H18F5N5O2S. The number of rotatable bonds is 5. The molecule has 0 saturated heterocycles. The Morgan fingerprint density at radius 1 is 1.11 bits per heavy atom. The smallest absolute Gasteiger partial charge is 0.324 e. The average molecular weight is 535 g/mol. The summed E-state index contributed by atoms with van der Waals surface area (Å²) in [4.78, 5) is 11.7. The van der Waals surface area contributed by atoms with Crippen LogP contribution in [-0.2, 0) is 28.2 Å². The molecule has 0 radical (unpaired) electrons. The molecule has 0 atom stereocenters. The molecule has 1 aliphatic carbocycles. The number of hydrogen-bond donors (Lipinski definition) is 0. The molecule has 1 aromatic carbocycles. The van der Waals surface area contributed by atoms with E-state index < -0.39 is 33.0 Å². The minimum absolute atomic E-state index is 0.0436. The van der Waals surface area contributed by atoms with Crippen LogP contribution in [0.2, 0.25) is 0 Å². The van der Waals surface area contributed by atoms with Gasteiger partial charge >= 0.3 is 12.1 Å². The van der Waals surface area contributed by atoms with Crippen molar-refractivity contribution in [2.75, 3.05) is 5.75 Å². The van der Waals surface area contributed by atoms with Crippen LogP contribution in [-0.4, -0.2) is 39.9 Å². The summed E-state index contributed by atoms with van der Waals surface area (Å²) < 4.78 is 94.1. The molecule has 0 N–H and O–H groups in total. The van der Waals surface area contributed by atoms with E-state index in [0.29, 0.717) is 29.7 Å². The van der Waals surface area contributed by atoms with E-state index in [1.165, 1.54) is 24.7 Å². The Balaban J connectivity index is 1.74. The Kier molecular flexibility index (Phi) is 5.35. The van der Waals surface area contributed by atoms with Gasteiger partial charge in [0, 0.05) is 24.0 Å². The number of nitriles is 1. The molecule has 0 spiro atoms. The van der Waals surface area contributed by atoms with Crippen molar-refractivity contribution in [3.63, 3.8) is 0 Å². The Hall–Kier alpha value is -3.66. The number of alkyl halides is 5. The summed E-state index contributed by atoms with van der Waals surface area (Å²) in [7, 11) is -2.46. The number of pyridine rings is 2. The van der Waals surface area contributed by atoms with Gasteiger partial charge < -0.3 is 4.57 Å². The van der Waals surface area contributed by atoms with Crippen molar-refractivity contribution in [1.82, 2.24) is 19.5 Å². The normalized spacial score (nSPS) is 15.7. The maximum Gasteiger partial charge on any atom is 0.459 e. The Morgan fingerprint density at radius 3 is 2.41 bits per heavy atom. The van der Waals surface area contributed by atoms with Gasteiger partial charge in [0.2, 0.25) is 0 Å². The van der Waals surface area contributed by atoms with Crippen LogP contribution in [0.3, 0.4) is 0 Å². The minimum atomic E-state index is -5.85. The number of nitrogens with zero attached hydrogens (tertiary/aromatic N) is 5. The second-order valence-electron chi connectivity index (χ2n) is 8.96. The lowest BCUT2D eigenvalue weighted by atomic mass is 9.95. The van der Waals surface area contributed by atoms with E-state index in [4.69, 9.17) is 0 Å². The van der Waals surface area contributed by atoms with Crippen LogP contribution < -0.4 is 0 Å². The Labute approximate surface area is 207 Å². The fourth-order valence-electron chi connectivity index (χ4n) is 4.32. The SMILES string of the molecule is CCS(=O)(=O)c1c(-c2nc3cc(C(F)(F)C(F)(F)F)ncc3n2C)ncc2cc(C3(C#N)CC3)ccc12. The van der Waals surface area contributed by atoms with E-state index in [1.807, 2.05) is 0 Å². The molecule has 1 saturated carbocycles. The highest BCUT2D eigenvalue weighted by Gasteiger charge is 2.60. The van der Waals surface area contributed by atoms with Gasteiger partial charge in [0.25, 0.3) is 0 Å². The quantitative estimate of drug-likeness (QED) is 0.326. The number of benzene rings is 1. The second kappa shape index (κ2) is 7.92. The van der Waals surface area contributed by atoms with Gasteiger partial charge in [-0.2, -0.15) is 27.2 Å². The van der Waals surface area contributed by atoms with Gasteiger partial charge in [-0.05, 0) is 30.5 Å². The number of fused-ring (bicyclic) bond motifs is 2. The van der Waals surface area contributed by atoms with E-state index in [-0.39, 0.29) is 33.2 Å². The fourth-order valence-corrected chi connectivity index (χ4v) is 5.57. The van der Waals surface area contributed by atoms with Gasteiger partial charge in [-0.25, -0.2) is 13.4 Å². The molecule has 4 aromatic rings. The van der Waals surface area contributed by atoms with Gasteiger partial charge in [-0.15, -0.1) is 0 Å². The van der Waals surface area contributed by atoms with Crippen LogP contribution in [0.5, 0.6) is 0 Å². The van der Waals surface area contributed by atoms with E-state index in [9.17, 15) is 35.6 Å². The lowest BCUT2D eigenvalue weighted by Gasteiger charge is -2.18. The number of aryl methyl sites for hydroxylation is 1. The summed E-state index contributed by atoms with van der Waals surface area (Å²) >= 11 is 0. The van der Waals surface area contributed by atoms with Crippen molar-refractivity contribution in [2.45, 2.75) is 42.2 Å². The largest absolute Gasteiger partial charge is 0.459 e. The predicted octanol–water partition coefficient (Wildman–Crippen LogP) is 5.19. The molecule has 13 heteroatoms. The minimum Gasteiger partial charge on any atom is -0.324 e. The number of sulfone groups is 1. The third-order valence-corrected chi connectivity index (χ3v) is 8.50. The third-order valence-electron chi connectivity index (χ3n) is 6.71. The van der Waals surface area contributed by atoms with Crippen LogP contribution in [0.1, 0.15) is 31.0 Å². The molecule has 3 aromatic heterocycles. The fraction of sp³-hybridized carbons (Fsp3) is 0.333. The van der Waals surface area contributed by atoms with Gasteiger partial charge in [0.05, 0.1) is 34.5 Å². The number of halogens is 5. The molecular weight excluding hydrogens is 517 g/mol. The number of aromatic nitrogens is 4. The summed E-state index contributed by atoms with van der Waals surface area (Å²) in [6.07, 6.45) is -2.19. The number of imidazole rings is 1. The molecule has 1 fully saturated rings. The van der Waals surface area contributed by atoms with Gasteiger partial charge in [-0.1, -0.05) is 19.1 Å². The first-order chi connectivity index (χ1) is 17.3. The monoisotopic (exact) mass is 535 g/mol. The van der Waals surface area contributed by atoms with Gasteiger partial charge in [0.1, 0.15) is 16.3 Å². The zero-order valence-electron chi connectivity index (χ0n) is 19.4. The van der Waals surface area contributed by atoms with Crippen LogP contribution in [0.15, 0.2) is 41.6 Å². The Morgan fingerprint density at radius 2 is 1.81 bits per heavy atom. The topological polar surface area (TPSA) is 102 Å². The first kappa shape index (κ1) is 25.0. The molecule has 5 rings (SSSR count). The number of hydrogen-bond acceptors (Lipinski definition) is 6. The van der Waals surface area contributed by atoms with E-state index >= 15 is 0 Å². The first-order valence-electron chi connectivity index (χ1n) is 11.1. The highest BCUT2D eigenvalue weighted by atomic mass is 32.2. The Bertz CT molecular complexity index is 1730. The van der Waals surface area contributed by atoms with Crippen molar-refractivity contribution in [1.29, 1.82) is 5.26 Å². The van der Waals surface area contributed by atoms with Crippen LogP contribution in [0.25, 0.3) is 33.3 Å². The van der Waals surface area contributed by atoms with Crippen molar-refractivity contribution in [3.8, 4) is 17.6 Å². The maximum atomic E-state index is 13.9. The molecule has 1 aliphatic rings.